The molecule has 0 amide bonds. The first-order valence-corrected chi connectivity index (χ1v) is 20.3. The minimum Gasteiger partial charge on any atom is -0.508 e. The summed E-state index contributed by atoms with van der Waals surface area (Å²) in [5.74, 6) is 0.841. The Bertz CT molecular complexity index is 3060. The summed E-state index contributed by atoms with van der Waals surface area (Å²) >= 11 is 0. The molecule has 0 aliphatic carbocycles. The fourth-order valence-electron chi connectivity index (χ4n) is 8.43. The van der Waals surface area contributed by atoms with E-state index in [9.17, 15) is 19.8 Å². The Kier molecular flexibility index (Phi) is 9.66. The minimum absolute atomic E-state index is 0.110. The van der Waals surface area contributed by atoms with Gasteiger partial charge in [0.2, 0.25) is 0 Å². The van der Waals surface area contributed by atoms with Crippen LogP contribution < -0.4 is 10.9 Å². The summed E-state index contributed by atoms with van der Waals surface area (Å²) in [5, 5.41) is 26.5. The van der Waals surface area contributed by atoms with E-state index in [1.807, 2.05) is 32.4 Å². The predicted molar refractivity (Wildman–Crippen MR) is 230 cm³/mol. The highest BCUT2D eigenvalue weighted by molar-refractivity contribution is 5.90. The number of hydrogen-bond acceptors (Lipinski definition) is 11. The number of anilines is 1. The normalized spacial score (nSPS) is 15.5. The summed E-state index contributed by atoms with van der Waals surface area (Å²) in [7, 11) is 0. The van der Waals surface area contributed by atoms with Gasteiger partial charge in [-0.3, -0.25) is 9.78 Å². The number of aromatic hydroxyl groups is 1. The number of H-pyrrole nitrogens is 1. The van der Waals surface area contributed by atoms with E-state index in [0.29, 0.717) is 41.3 Å². The second-order valence-corrected chi connectivity index (χ2v) is 15.7. The maximum absolute atomic E-state index is 13.2. The second-order valence-electron chi connectivity index (χ2n) is 15.7. The molecule has 304 valence electrons. The van der Waals surface area contributed by atoms with Crippen LogP contribution >= 0.6 is 0 Å². The summed E-state index contributed by atoms with van der Waals surface area (Å²) in [6.07, 6.45) is 9.27. The number of phenols is 1. The molecule has 14 heteroatoms. The highest BCUT2D eigenvalue weighted by Crippen LogP contribution is 2.41. The third kappa shape index (κ3) is 6.43. The number of hydrogen-bond donors (Lipinski definition) is 4. The number of imidazole rings is 1. The standard InChI is InChI=1S/C24H25N7.C22H20N2O5/c1-15(2)31-14-28-21-23(26-9-8-17-13-27-20-7-5-4-6-19(17)20)29-22(30-24(21)31)18-10-16(3)11-25-12-18;1-3-12-13-7-11(25)5-6-17(13)23-19-14(12)9-24-18(19)8-16-15(20(24)26)10-29-21(27)22(16,28)4-2/h4-7,10-15,27H,8-9H2,1-3H3,(H,26,29,30);5-8,25,28H,3-4,9-10H2,1-2H3/t;22-/m.0/s1. The Morgan fingerprint density at radius 1 is 1.00 bits per heavy atom. The number of para-hydroxylation sites is 1. The number of esters is 1. The molecule has 4 N–H and O–H groups in total. The summed E-state index contributed by atoms with van der Waals surface area (Å²) in [6.45, 7) is 10.9. The predicted octanol–water partition coefficient (Wildman–Crippen LogP) is 7.26. The van der Waals surface area contributed by atoms with Crippen molar-refractivity contribution in [3.05, 3.63) is 123 Å². The topological polar surface area (TPSA) is 186 Å². The Balaban J connectivity index is 0.000000154. The Hall–Kier alpha value is -6.93. The molecule has 2 aliphatic heterocycles. The van der Waals surface area contributed by atoms with E-state index in [1.165, 1.54) is 10.9 Å². The van der Waals surface area contributed by atoms with Gasteiger partial charge >= 0.3 is 5.97 Å². The van der Waals surface area contributed by atoms with Gasteiger partial charge in [0.05, 0.1) is 35.3 Å². The van der Waals surface area contributed by atoms with E-state index in [4.69, 9.17) is 19.7 Å². The zero-order valence-electron chi connectivity index (χ0n) is 34.1. The van der Waals surface area contributed by atoms with Gasteiger partial charge in [-0.05, 0) is 93.1 Å². The van der Waals surface area contributed by atoms with Crippen molar-refractivity contribution in [3.8, 4) is 28.5 Å². The lowest BCUT2D eigenvalue weighted by atomic mass is 9.86. The molecule has 8 aromatic rings. The molecule has 60 heavy (non-hydrogen) atoms. The number of benzene rings is 2. The van der Waals surface area contributed by atoms with Crippen molar-refractivity contribution < 1.29 is 19.7 Å². The number of fused-ring (bicyclic) bond motifs is 7. The highest BCUT2D eigenvalue weighted by atomic mass is 16.6. The van der Waals surface area contributed by atoms with Crippen molar-refractivity contribution in [2.45, 2.75) is 78.7 Å². The molecule has 6 aromatic heterocycles. The average Bonchev–Trinajstić information content (AvgIpc) is 3.98. The van der Waals surface area contributed by atoms with Crippen molar-refractivity contribution in [1.29, 1.82) is 0 Å². The molecule has 0 fully saturated rings. The molecule has 0 saturated carbocycles. The van der Waals surface area contributed by atoms with Gasteiger partial charge < -0.3 is 34.4 Å². The molecule has 14 nitrogen and oxygen atoms in total. The van der Waals surface area contributed by atoms with Crippen LogP contribution in [0.4, 0.5) is 5.82 Å². The molecule has 0 saturated heterocycles. The number of cyclic esters (lactones) is 1. The van der Waals surface area contributed by atoms with Crippen molar-refractivity contribution in [2.75, 3.05) is 11.9 Å². The van der Waals surface area contributed by atoms with Gasteiger partial charge in [0, 0.05) is 64.2 Å². The van der Waals surface area contributed by atoms with Crippen molar-refractivity contribution >= 4 is 44.8 Å². The number of nitrogens with one attached hydrogen (secondary N) is 2. The lowest BCUT2D eigenvalue weighted by Crippen LogP contribution is -2.44. The van der Waals surface area contributed by atoms with Crippen LogP contribution in [0.3, 0.4) is 0 Å². The number of phenolic OH excluding ortho intramolecular Hbond substituents is 1. The molecule has 2 aromatic carbocycles. The fraction of sp³-hybridized carbons (Fsp3) is 0.283. The van der Waals surface area contributed by atoms with Crippen LogP contribution in [-0.4, -0.2) is 61.8 Å². The molecule has 0 spiro atoms. The quantitative estimate of drug-likeness (QED) is 0.113. The van der Waals surface area contributed by atoms with Gasteiger partial charge in [0.25, 0.3) is 5.56 Å². The number of ether oxygens (including phenoxy) is 1. The molecule has 0 radical (unpaired) electrons. The van der Waals surface area contributed by atoms with Gasteiger partial charge in [-0.15, -0.1) is 0 Å². The Morgan fingerprint density at radius 2 is 1.83 bits per heavy atom. The number of pyridine rings is 3. The van der Waals surface area contributed by atoms with Gasteiger partial charge in [-0.25, -0.2) is 24.7 Å². The molecule has 8 heterocycles. The lowest BCUT2D eigenvalue weighted by Gasteiger charge is -2.31. The Labute approximate surface area is 345 Å². The van der Waals surface area contributed by atoms with Crippen LogP contribution in [0.25, 0.3) is 55.7 Å². The van der Waals surface area contributed by atoms with E-state index in [1.54, 1.807) is 42.0 Å². The Morgan fingerprint density at radius 3 is 2.62 bits per heavy atom. The number of carbonyl (C=O) groups excluding carboxylic acids is 1. The monoisotopic (exact) mass is 803 g/mol. The SMILES string of the molecule is CCc1c2c(nc3ccc(O)cc13)-c1cc3c(c(=O)n1C2)COC(=O)[C@]3(O)CC.Cc1cncc(-c2nc(NCCc3c[nH]c4ccccc34)c3ncn(C(C)C)c3n2)c1. The van der Waals surface area contributed by atoms with Crippen molar-refractivity contribution in [2.24, 2.45) is 0 Å². The van der Waals surface area contributed by atoms with Crippen molar-refractivity contribution in [3.63, 3.8) is 0 Å². The van der Waals surface area contributed by atoms with E-state index >= 15 is 0 Å². The first-order valence-electron chi connectivity index (χ1n) is 20.3. The van der Waals surface area contributed by atoms with Crippen LogP contribution in [0.1, 0.15) is 73.5 Å². The number of rotatable bonds is 8. The average molecular weight is 804 g/mol. The molecule has 2 aliphatic rings. The van der Waals surface area contributed by atoms with Gasteiger partial charge in [-0.1, -0.05) is 32.0 Å². The zero-order valence-corrected chi connectivity index (χ0v) is 34.1. The summed E-state index contributed by atoms with van der Waals surface area (Å²) < 4.78 is 8.81. The number of nitrogens with zero attached hydrogens (tertiary/aromatic N) is 7. The summed E-state index contributed by atoms with van der Waals surface area (Å²) in [6, 6.07) is 17.4. The van der Waals surface area contributed by atoms with Crippen molar-refractivity contribution in [1.82, 2.24) is 39.0 Å². The van der Waals surface area contributed by atoms with E-state index in [0.717, 1.165) is 68.6 Å². The van der Waals surface area contributed by atoms with E-state index < -0.39 is 11.6 Å². The highest BCUT2D eigenvalue weighted by Gasteiger charge is 2.45. The number of carbonyl (C=O) groups is 1. The summed E-state index contributed by atoms with van der Waals surface area (Å²) in [5.41, 5.74) is 8.50. The molecule has 0 unspecified atom stereocenters. The zero-order chi connectivity index (χ0) is 41.9. The third-order valence-electron chi connectivity index (χ3n) is 11.6. The number of aliphatic hydroxyl groups is 1. The number of aromatic amines is 1. The van der Waals surface area contributed by atoms with Crippen LogP contribution in [0.2, 0.25) is 0 Å². The van der Waals surface area contributed by atoms with Crippen LogP contribution in [0.15, 0.2) is 84.3 Å². The van der Waals surface area contributed by atoms with Crippen LogP contribution in [0, 0.1) is 6.92 Å². The van der Waals surface area contributed by atoms with E-state index in [-0.39, 0.29) is 30.4 Å². The molecular formula is C46H45N9O5. The van der Waals surface area contributed by atoms with Crippen LogP contribution in [0.5, 0.6) is 5.75 Å². The first kappa shape index (κ1) is 38.6. The minimum atomic E-state index is -1.83. The van der Waals surface area contributed by atoms with Gasteiger partial charge in [0.15, 0.2) is 22.9 Å². The maximum Gasteiger partial charge on any atom is 0.343 e. The third-order valence-corrected chi connectivity index (χ3v) is 11.6. The largest absolute Gasteiger partial charge is 0.508 e. The van der Waals surface area contributed by atoms with Gasteiger partial charge in [0.1, 0.15) is 17.9 Å². The molecular weight excluding hydrogens is 759 g/mol. The summed E-state index contributed by atoms with van der Waals surface area (Å²) in [4.78, 5) is 52.2. The first-order chi connectivity index (χ1) is 29.0. The molecule has 1 atom stereocenters. The van der Waals surface area contributed by atoms with Crippen LogP contribution in [-0.2, 0) is 41.1 Å². The number of aryl methyl sites for hydroxylation is 2. The number of aromatic nitrogens is 8. The second kappa shape index (κ2) is 15.0. The maximum atomic E-state index is 13.2. The smallest absolute Gasteiger partial charge is 0.343 e. The lowest BCUT2D eigenvalue weighted by molar-refractivity contribution is -0.172. The molecule has 10 rings (SSSR count). The van der Waals surface area contributed by atoms with E-state index in [2.05, 4.69) is 69.1 Å². The molecule has 0 bridgehead atoms. The van der Waals surface area contributed by atoms with Gasteiger partial charge in [-0.2, -0.15) is 0 Å². The fourth-order valence-corrected chi connectivity index (χ4v) is 8.43.